The maximum Gasteiger partial charge on any atom is 0.226 e. The minimum Gasteiger partial charge on any atom is -0.359 e. The van der Waals surface area contributed by atoms with E-state index in [1.807, 2.05) is 30.3 Å². The first-order chi connectivity index (χ1) is 19.2. The average molecular weight is 516 g/mol. The average Bonchev–Trinajstić information content (AvgIpc) is 3.29. The highest BCUT2D eigenvalue weighted by Crippen LogP contribution is 2.41. The van der Waals surface area contributed by atoms with Crippen LogP contribution in [0, 0.1) is 5.92 Å². The summed E-state index contributed by atoms with van der Waals surface area (Å²) in [5.41, 5.74) is 3.73. The van der Waals surface area contributed by atoms with Crippen LogP contribution in [0.15, 0.2) is 134 Å². The van der Waals surface area contributed by atoms with Crippen LogP contribution in [-0.2, 0) is 21.6 Å². The van der Waals surface area contributed by atoms with Gasteiger partial charge in [-0.05, 0) is 47.9 Å². The molecule has 0 saturated carbocycles. The number of carbonyl (C=O) groups is 1. The van der Waals surface area contributed by atoms with Gasteiger partial charge in [0.25, 0.3) is 0 Å². The van der Waals surface area contributed by atoms with Crippen molar-refractivity contribution in [1.29, 1.82) is 0 Å². The number of carbonyl (C=O) groups excluding carboxylic acids is 1. The molecule has 2 atom stereocenters. The van der Waals surface area contributed by atoms with Crippen molar-refractivity contribution in [3.8, 4) is 0 Å². The molecule has 3 nitrogen and oxygen atoms in total. The lowest BCUT2D eigenvalue weighted by molar-refractivity contribution is -0.133. The Balaban J connectivity index is 1.45. The molecule has 3 heteroatoms. The molecule has 1 aliphatic rings. The zero-order chi connectivity index (χ0) is 26.9. The van der Waals surface area contributed by atoms with E-state index >= 15 is 0 Å². The maximum atomic E-state index is 13.5. The molecule has 0 unspecified atom stereocenters. The fourth-order valence-electron chi connectivity index (χ4n) is 5.91. The van der Waals surface area contributed by atoms with Crippen LogP contribution >= 0.6 is 0 Å². The van der Waals surface area contributed by atoms with E-state index in [0.717, 1.165) is 42.5 Å². The summed E-state index contributed by atoms with van der Waals surface area (Å²) in [7, 11) is 0. The molecule has 39 heavy (non-hydrogen) atoms. The van der Waals surface area contributed by atoms with Gasteiger partial charge in [-0.25, -0.2) is 0 Å². The van der Waals surface area contributed by atoms with E-state index in [0.29, 0.717) is 13.0 Å². The molecule has 1 saturated heterocycles. The highest BCUT2D eigenvalue weighted by Gasteiger charge is 2.42. The van der Waals surface area contributed by atoms with Gasteiger partial charge in [0.05, 0.1) is 12.6 Å². The summed E-state index contributed by atoms with van der Waals surface area (Å²) in [6, 6.07) is 41.8. The normalized spacial score (nSPS) is 17.3. The number of rotatable bonds is 12. The molecule has 4 aromatic carbocycles. The smallest absolute Gasteiger partial charge is 0.226 e. The van der Waals surface area contributed by atoms with Crippen molar-refractivity contribution in [2.45, 2.75) is 37.3 Å². The van der Waals surface area contributed by atoms with Crippen molar-refractivity contribution < 1.29 is 9.53 Å². The summed E-state index contributed by atoms with van der Waals surface area (Å²) in [6.07, 6.45) is 5.23. The predicted molar refractivity (Wildman–Crippen MR) is 158 cm³/mol. The number of benzene rings is 4. The fraction of sp³-hybridized carbons (Fsp3) is 0.250. The van der Waals surface area contributed by atoms with Gasteiger partial charge in [0, 0.05) is 12.5 Å². The molecule has 198 valence electrons. The van der Waals surface area contributed by atoms with Crippen molar-refractivity contribution in [3.63, 3.8) is 0 Å². The van der Waals surface area contributed by atoms with Gasteiger partial charge in [-0.2, -0.15) is 0 Å². The molecule has 1 fully saturated rings. The molecule has 0 spiro atoms. The van der Waals surface area contributed by atoms with Crippen LogP contribution in [0.2, 0.25) is 0 Å². The molecule has 1 heterocycles. The SMILES string of the molecule is C=CC[C@H]1C[C@H](COC(c2ccccc2)(c2ccccc2)c2ccccc2)N(CCCc2ccccc2)C1=O. The molecule has 0 N–H and O–H groups in total. The van der Waals surface area contributed by atoms with E-state index in [-0.39, 0.29) is 17.9 Å². The third kappa shape index (κ3) is 5.89. The van der Waals surface area contributed by atoms with Crippen LogP contribution in [0.3, 0.4) is 0 Å². The summed E-state index contributed by atoms with van der Waals surface area (Å²) < 4.78 is 7.12. The quantitative estimate of drug-likeness (QED) is 0.145. The predicted octanol–water partition coefficient (Wildman–Crippen LogP) is 7.42. The van der Waals surface area contributed by atoms with Gasteiger partial charge in [-0.3, -0.25) is 4.79 Å². The molecular weight excluding hydrogens is 478 g/mol. The van der Waals surface area contributed by atoms with E-state index < -0.39 is 5.60 Å². The third-order valence-corrected chi connectivity index (χ3v) is 7.82. The van der Waals surface area contributed by atoms with Crippen LogP contribution in [0.5, 0.6) is 0 Å². The number of likely N-dealkylation sites (tertiary alicyclic amines) is 1. The zero-order valence-electron chi connectivity index (χ0n) is 22.5. The van der Waals surface area contributed by atoms with E-state index in [2.05, 4.69) is 109 Å². The van der Waals surface area contributed by atoms with Crippen molar-refractivity contribution in [2.24, 2.45) is 5.92 Å². The number of allylic oxidation sites excluding steroid dienone is 1. The van der Waals surface area contributed by atoms with Crippen LogP contribution < -0.4 is 0 Å². The Labute approximate surface area is 232 Å². The Kier molecular flexibility index (Phi) is 8.70. The van der Waals surface area contributed by atoms with Crippen LogP contribution in [-0.4, -0.2) is 30.0 Å². The van der Waals surface area contributed by atoms with Gasteiger partial charge in [0.1, 0.15) is 5.60 Å². The lowest BCUT2D eigenvalue weighted by Crippen LogP contribution is -2.41. The summed E-state index contributed by atoms with van der Waals surface area (Å²) in [5, 5.41) is 0. The van der Waals surface area contributed by atoms with E-state index in [1.54, 1.807) is 0 Å². The Morgan fingerprint density at radius 1 is 0.769 bits per heavy atom. The van der Waals surface area contributed by atoms with Crippen molar-refractivity contribution >= 4 is 5.91 Å². The van der Waals surface area contributed by atoms with Gasteiger partial charge in [-0.1, -0.05) is 127 Å². The maximum absolute atomic E-state index is 13.5. The summed E-state index contributed by atoms with van der Waals surface area (Å²) in [4.78, 5) is 15.6. The number of nitrogens with zero attached hydrogens (tertiary/aromatic N) is 1. The van der Waals surface area contributed by atoms with Crippen molar-refractivity contribution in [2.75, 3.05) is 13.2 Å². The second kappa shape index (κ2) is 12.7. The first-order valence-electron chi connectivity index (χ1n) is 14.0. The molecular formula is C36H37NO2. The first-order valence-corrected chi connectivity index (χ1v) is 14.0. The molecule has 0 aliphatic carbocycles. The van der Waals surface area contributed by atoms with Gasteiger partial charge >= 0.3 is 0 Å². The molecule has 5 rings (SSSR count). The lowest BCUT2D eigenvalue weighted by Gasteiger charge is -2.38. The molecule has 0 bridgehead atoms. The topological polar surface area (TPSA) is 29.5 Å². The Bertz CT molecular complexity index is 1230. The molecule has 0 radical (unpaired) electrons. The van der Waals surface area contributed by atoms with Gasteiger partial charge in [0.2, 0.25) is 5.91 Å². The number of aryl methyl sites for hydroxylation is 1. The molecule has 0 aromatic heterocycles. The Hall–Kier alpha value is -3.95. The van der Waals surface area contributed by atoms with Crippen LogP contribution in [0.25, 0.3) is 0 Å². The number of hydrogen-bond acceptors (Lipinski definition) is 2. The standard InChI is InChI=1S/C36H37NO2/c1-2-16-30-27-34(37(35(30)38)26-15-19-29-17-7-3-8-18-29)28-39-36(31-20-9-4-10-21-31,32-22-11-5-12-23-32)33-24-13-6-14-25-33/h2-14,17-18,20-25,30,34H,1,15-16,19,26-28H2/t30-,34+/m0/s1. The fourth-order valence-corrected chi connectivity index (χ4v) is 5.91. The second-order valence-corrected chi connectivity index (χ2v) is 10.3. The van der Waals surface area contributed by atoms with Crippen molar-refractivity contribution in [3.05, 3.63) is 156 Å². The highest BCUT2D eigenvalue weighted by molar-refractivity contribution is 5.81. The summed E-state index contributed by atoms with van der Waals surface area (Å²) >= 11 is 0. The van der Waals surface area contributed by atoms with Gasteiger partial charge < -0.3 is 9.64 Å². The van der Waals surface area contributed by atoms with Gasteiger partial charge in [-0.15, -0.1) is 6.58 Å². The van der Waals surface area contributed by atoms with E-state index in [1.165, 1.54) is 5.56 Å². The van der Waals surface area contributed by atoms with Crippen LogP contribution in [0.4, 0.5) is 0 Å². The first kappa shape index (κ1) is 26.6. The molecule has 4 aromatic rings. The minimum atomic E-state index is -0.793. The van der Waals surface area contributed by atoms with Gasteiger partial charge in [0.15, 0.2) is 0 Å². The Morgan fingerprint density at radius 3 is 1.74 bits per heavy atom. The number of ether oxygens (including phenoxy) is 1. The monoisotopic (exact) mass is 515 g/mol. The third-order valence-electron chi connectivity index (χ3n) is 7.82. The van der Waals surface area contributed by atoms with E-state index in [4.69, 9.17) is 4.74 Å². The Morgan fingerprint density at radius 2 is 1.26 bits per heavy atom. The second-order valence-electron chi connectivity index (χ2n) is 10.3. The zero-order valence-corrected chi connectivity index (χ0v) is 22.5. The highest BCUT2D eigenvalue weighted by atomic mass is 16.5. The number of hydrogen-bond donors (Lipinski definition) is 0. The molecule has 1 amide bonds. The molecule has 1 aliphatic heterocycles. The largest absolute Gasteiger partial charge is 0.359 e. The number of amides is 1. The van der Waals surface area contributed by atoms with E-state index in [9.17, 15) is 4.79 Å². The van der Waals surface area contributed by atoms with Crippen LogP contribution in [0.1, 0.15) is 41.5 Å². The van der Waals surface area contributed by atoms with Crippen molar-refractivity contribution in [1.82, 2.24) is 4.90 Å². The summed E-state index contributed by atoms with van der Waals surface area (Å²) in [5.74, 6) is 0.189. The lowest BCUT2D eigenvalue weighted by atomic mass is 9.80. The minimum absolute atomic E-state index is 0.00809. The summed E-state index contributed by atoms with van der Waals surface area (Å²) in [6.45, 7) is 5.09.